The Kier molecular flexibility index (Phi) is 2.78. The number of hydrogen-bond donors (Lipinski definition) is 0. The summed E-state index contributed by atoms with van der Waals surface area (Å²) in [6.45, 7) is 3.59. The summed E-state index contributed by atoms with van der Waals surface area (Å²) in [5.41, 5.74) is 0. The Balaban J connectivity index is 2.67. The van der Waals surface area contributed by atoms with E-state index in [9.17, 15) is 0 Å². The third-order valence-corrected chi connectivity index (χ3v) is 2.36. The normalized spacial score (nSPS) is 9.80. The molecule has 3 heteroatoms. The van der Waals surface area contributed by atoms with Crippen LogP contribution in [0.15, 0.2) is 23.7 Å². The SMILES string of the molecule is C=C(Cl)Cc1ccc(Cl)s1. The van der Waals surface area contributed by atoms with Gasteiger partial charge in [-0.25, -0.2) is 0 Å². The van der Waals surface area contributed by atoms with E-state index in [1.165, 1.54) is 11.3 Å². The van der Waals surface area contributed by atoms with E-state index in [0.717, 1.165) is 15.6 Å². The smallest absolute Gasteiger partial charge is 0.0931 e. The van der Waals surface area contributed by atoms with Gasteiger partial charge in [0.2, 0.25) is 0 Å². The lowest BCUT2D eigenvalue weighted by molar-refractivity contribution is 1.32. The third kappa shape index (κ3) is 2.33. The van der Waals surface area contributed by atoms with Crippen LogP contribution < -0.4 is 0 Å². The van der Waals surface area contributed by atoms with Crippen molar-refractivity contribution >= 4 is 34.5 Å². The minimum absolute atomic E-state index is 0.651. The third-order valence-electron chi connectivity index (χ3n) is 0.995. The molecule has 0 aliphatic carbocycles. The number of rotatable bonds is 2. The minimum atomic E-state index is 0.651. The van der Waals surface area contributed by atoms with E-state index in [2.05, 4.69) is 6.58 Å². The Morgan fingerprint density at radius 1 is 1.60 bits per heavy atom. The lowest BCUT2D eigenvalue weighted by Gasteiger charge is -1.89. The van der Waals surface area contributed by atoms with Crippen molar-refractivity contribution in [1.82, 2.24) is 0 Å². The standard InChI is InChI=1S/C7H6Cl2S/c1-5(8)4-6-2-3-7(9)10-6/h2-3H,1,4H2. The van der Waals surface area contributed by atoms with Crippen LogP contribution in [-0.4, -0.2) is 0 Å². The summed E-state index contributed by atoms with van der Waals surface area (Å²) in [6, 6.07) is 3.82. The highest BCUT2D eigenvalue weighted by Crippen LogP contribution is 2.23. The number of hydrogen-bond acceptors (Lipinski definition) is 1. The first-order valence-electron chi connectivity index (χ1n) is 2.76. The van der Waals surface area contributed by atoms with Crippen LogP contribution in [0, 0.1) is 0 Å². The van der Waals surface area contributed by atoms with E-state index in [0.29, 0.717) is 5.03 Å². The molecular weight excluding hydrogens is 187 g/mol. The second kappa shape index (κ2) is 3.42. The summed E-state index contributed by atoms with van der Waals surface area (Å²) in [6.07, 6.45) is 0.721. The summed E-state index contributed by atoms with van der Waals surface area (Å²) in [5.74, 6) is 0. The topological polar surface area (TPSA) is 0 Å². The average molecular weight is 193 g/mol. The van der Waals surface area contributed by atoms with Crippen LogP contribution in [-0.2, 0) is 6.42 Å². The quantitative estimate of drug-likeness (QED) is 0.671. The summed E-state index contributed by atoms with van der Waals surface area (Å²) in [5, 5.41) is 0.651. The van der Waals surface area contributed by atoms with E-state index in [-0.39, 0.29) is 0 Å². The highest BCUT2D eigenvalue weighted by atomic mass is 35.5. The molecule has 54 valence electrons. The Morgan fingerprint density at radius 3 is 2.70 bits per heavy atom. The predicted octanol–water partition coefficient (Wildman–Crippen LogP) is 3.70. The maximum Gasteiger partial charge on any atom is 0.0931 e. The molecule has 0 aliphatic heterocycles. The molecule has 0 spiro atoms. The Labute approximate surface area is 74.1 Å². The van der Waals surface area contributed by atoms with Gasteiger partial charge >= 0.3 is 0 Å². The van der Waals surface area contributed by atoms with E-state index < -0.39 is 0 Å². The van der Waals surface area contributed by atoms with Crippen molar-refractivity contribution in [3.8, 4) is 0 Å². The molecule has 1 heterocycles. The Morgan fingerprint density at radius 2 is 2.30 bits per heavy atom. The zero-order valence-electron chi connectivity index (χ0n) is 5.23. The minimum Gasteiger partial charge on any atom is -0.128 e. The molecule has 10 heavy (non-hydrogen) atoms. The van der Waals surface area contributed by atoms with Gasteiger partial charge in [-0.15, -0.1) is 11.3 Å². The lowest BCUT2D eigenvalue weighted by atomic mass is 10.3. The molecule has 1 aromatic rings. The number of halogens is 2. The van der Waals surface area contributed by atoms with Crippen LogP contribution in [0.2, 0.25) is 4.34 Å². The summed E-state index contributed by atoms with van der Waals surface area (Å²) < 4.78 is 0.799. The average Bonchev–Trinajstić information content (AvgIpc) is 2.13. The van der Waals surface area contributed by atoms with Crippen LogP contribution in [0.5, 0.6) is 0 Å². The molecule has 0 fully saturated rings. The van der Waals surface area contributed by atoms with Gasteiger partial charge in [0.1, 0.15) is 0 Å². The maximum absolute atomic E-state index is 5.69. The first-order valence-corrected chi connectivity index (χ1v) is 4.33. The maximum atomic E-state index is 5.69. The zero-order valence-corrected chi connectivity index (χ0v) is 7.56. The second-order valence-corrected chi connectivity index (χ2v) is 4.23. The molecule has 0 aromatic carbocycles. The highest BCUT2D eigenvalue weighted by molar-refractivity contribution is 7.16. The first kappa shape index (κ1) is 8.12. The van der Waals surface area contributed by atoms with E-state index >= 15 is 0 Å². The molecular formula is C7H6Cl2S. The molecule has 0 aliphatic rings. The number of allylic oxidation sites excluding steroid dienone is 1. The second-order valence-electron chi connectivity index (χ2n) is 1.90. The van der Waals surface area contributed by atoms with Crippen molar-refractivity contribution in [3.05, 3.63) is 33.0 Å². The molecule has 0 saturated carbocycles. The van der Waals surface area contributed by atoms with Gasteiger partial charge in [0.05, 0.1) is 4.34 Å². The van der Waals surface area contributed by atoms with Crippen LogP contribution in [0.3, 0.4) is 0 Å². The molecule has 0 radical (unpaired) electrons. The van der Waals surface area contributed by atoms with Crippen molar-refractivity contribution in [2.45, 2.75) is 6.42 Å². The summed E-state index contributed by atoms with van der Waals surface area (Å²) in [7, 11) is 0. The van der Waals surface area contributed by atoms with Crippen LogP contribution >= 0.6 is 34.5 Å². The number of thiophene rings is 1. The fourth-order valence-corrected chi connectivity index (χ4v) is 1.99. The molecule has 1 rings (SSSR count). The van der Waals surface area contributed by atoms with Crippen molar-refractivity contribution in [3.63, 3.8) is 0 Å². The van der Waals surface area contributed by atoms with Crippen molar-refractivity contribution in [2.24, 2.45) is 0 Å². The van der Waals surface area contributed by atoms with Gasteiger partial charge in [-0.3, -0.25) is 0 Å². The molecule has 0 saturated heterocycles. The van der Waals surface area contributed by atoms with Crippen molar-refractivity contribution in [1.29, 1.82) is 0 Å². The van der Waals surface area contributed by atoms with E-state index in [1.807, 2.05) is 12.1 Å². The van der Waals surface area contributed by atoms with Crippen LogP contribution in [0.4, 0.5) is 0 Å². The van der Waals surface area contributed by atoms with Crippen molar-refractivity contribution in [2.75, 3.05) is 0 Å². The van der Waals surface area contributed by atoms with Crippen LogP contribution in [0.25, 0.3) is 0 Å². The lowest BCUT2D eigenvalue weighted by Crippen LogP contribution is -1.74. The predicted molar refractivity (Wildman–Crippen MR) is 48.0 cm³/mol. The van der Waals surface area contributed by atoms with Crippen LogP contribution in [0.1, 0.15) is 4.88 Å². The van der Waals surface area contributed by atoms with Gasteiger partial charge in [0, 0.05) is 16.3 Å². The van der Waals surface area contributed by atoms with Gasteiger partial charge < -0.3 is 0 Å². The first-order chi connectivity index (χ1) is 4.68. The molecule has 0 bridgehead atoms. The van der Waals surface area contributed by atoms with E-state index in [4.69, 9.17) is 23.2 Å². The van der Waals surface area contributed by atoms with E-state index in [1.54, 1.807) is 0 Å². The fourth-order valence-electron chi connectivity index (χ4n) is 0.636. The fraction of sp³-hybridized carbons (Fsp3) is 0.143. The monoisotopic (exact) mass is 192 g/mol. The molecule has 0 unspecified atom stereocenters. The largest absolute Gasteiger partial charge is 0.128 e. The van der Waals surface area contributed by atoms with Gasteiger partial charge in [0.25, 0.3) is 0 Å². The summed E-state index contributed by atoms with van der Waals surface area (Å²) in [4.78, 5) is 1.16. The Hall–Kier alpha value is 0.0200. The zero-order chi connectivity index (χ0) is 7.56. The van der Waals surface area contributed by atoms with Crippen molar-refractivity contribution < 1.29 is 0 Å². The van der Waals surface area contributed by atoms with Gasteiger partial charge in [-0.05, 0) is 12.1 Å². The molecule has 0 amide bonds. The highest BCUT2D eigenvalue weighted by Gasteiger charge is 1.97. The van der Waals surface area contributed by atoms with Gasteiger partial charge in [0.15, 0.2) is 0 Å². The molecule has 1 aromatic heterocycles. The summed E-state index contributed by atoms with van der Waals surface area (Å²) >= 11 is 12.8. The molecule has 0 nitrogen and oxygen atoms in total. The molecule has 0 atom stereocenters. The van der Waals surface area contributed by atoms with Gasteiger partial charge in [-0.2, -0.15) is 0 Å². The molecule has 0 N–H and O–H groups in total. The van der Waals surface area contributed by atoms with Gasteiger partial charge in [-0.1, -0.05) is 29.8 Å². The Bertz CT molecular complexity index is 240.